The molecule has 1 aromatic rings. The highest BCUT2D eigenvalue weighted by molar-refractivity contribution is 6.30. The van der Waals surface area contributed by atoms with E-state index in [1.54, 1.807) is 5.48 Å². The van der Waals surface area contributed by atoms with E-state index in [4.69, 9.17) is 16.8 Å². The summed E-state index contributed by atoms with van der Waals surface area (Å²) in [6.07, 6.45) is -4.72. The Balaban J connectivity index is 2.57. The summed E-state index contributed by atoms with van der Waals surface area (Å²) in [5.41, 5.74) is 1.34. The number of nitrogens with one attached hydrogen (secondary N) is 1. The Bertz CT molecular complexity index is 518. The summed E-state index contributed by atoms with van der Waals surface area (Å²) in [4.78, 5) is 0. The van der Waals surface area contributed by atoms with Crippen LogP contribution in [0.2, 0.25) is 5.02 Å². The minimum absolute atomic E-state index is 0.110. The topological polar surface area (TPSA) is 61.7 Å². The lowest BCUT2D eigenvalue weighted by Gasteiger charge is -2.33. The van der Waals surface area contributed by atoms with Crippen molar-refractivity contribution in [3.05, 3.63) is 34.9 Å². The van der Waals surface area contributed by atoms with Gasteiger partial charge in [-0.1, -0.05) is 11.6 Å². The molecule has 4 nitrogen and oxygen atoms in total. The van der Waals surface area contributed by atoms with Gasteiger partial charge in [-0.3, -0.25) is 10.7 Å². The molecule has 0 aromatic heterocycles. The van der Waals surface area contributed by atoms with Gasteiger partial charge in [0, 0.05) is 16.7 Å². The minimum Gasteiger partial charge on any atom is -0.450 e. The van der Waals surface area contributed by atoms with E-state index in [1.165, 1.54) is 18.2 Å². The van der Waals surface area contributed by atoms with Gasteiger partial charge in [0.1, 0.15) is 5.75 Å². The van der Waals surface area contributed by atoms with Gasteiger partial charge in [-0.2, -0.15) is 13.2 Å². The molecule has 18 heavy (non-hydrogen) atoms. The molecule has 3 N–H and O–H groups in total. The van der Waals surface area contributed by atoms with E-state index in [9.17, 15) is 18.3 Å². The lowest BCUT2D eigenvalue weighted by Crippen LogP contribution is -2.50. The fraction of sp³-hybridized carbons (Fsp3) is 0.200. The summed E-state index contributed by atoms with van der Waals surface area (Å²) in [5, 5.41) is 18.5. The van der Waals surface area contributed by atoms with Crippen LogP contribution in [0.4, 0.5) is 13.2 Å². The van der Waals surface area contributed by atoms with E-state index >= 15 is 0 Å². The number of hydrogen-bond acceptors (Lipinski definition) is 4. The van der Waals surface area contributed by atoms with Gasteiger partial charge in [-0.15, -0.1) is 0 Å². The fourth-order valence-electron chi connectivity index (χ4n) is 1.50. The Hall–Kier alpha value is -1.44. The molecule has 0 saturated heterocycles. The quantitative estimate of drug-likeness (QED) is 0.691. The summed E-state index contributed by atoms with van der Waals surface area (Å²) in [6, 6.07) is 3.76. The van der Waals surface area contributed by atoms with E-state index in [2.05, 4.69) is 4.74 Å². The summed E-state index contributed by atoms with van der Waals surface area (Å²) < 4.78 is 42.5. The molecule has 1 aliphatic heterocycles. The molecule has 0 saturated carbocycles. The molecular formula is C10H7ClF3NO3. The molecule has 1 aliphatic rings. The molecule has 1 atom stereocenters. The molecule has 2 rings (SSSR count). The maximum Gasteiger partial charge on any atom is 0.459 e. The number of hydroxylamine groups is 1. The van der Waals surface area contributed by atoms with Gasteiger partial charge >= 0.3 is 12.0 Å². The van der Waals surface area contributed by atoms with E-state index in [1.807, 2.05) is 0 Å². The van der Waals surface area contributed by atoms with Gasteiger partial charge in [0.05, 0.1) is 5.70 Å². The molecule has 1 aromatic carbocycles. The van der Waals surface area contributed by atoms with Gasteiger partial charge in [-0.25, -0.2) is 0 Å². The van der Waals surface area contributed by atoms with Gasteiger partial charge in [0.25, 0.3) is 0 Å². The molecular weight excluding hydrogens is 275 g/mol. The van der Waals surface area contributed by atoms with Crippen LogP contribution in [0.15, 0.2) is 24.3 Å². The Morgan fingerprint density at radius 1 is 1.33 bits per heavy atom. The lowest BCUT2D eigenvalue weighted by molar-refractivity contribution is -0.311. The number of alkyl halides is 3. The standard InChI is InChI=1S/C10H7ClF3NO3/c11-5-1-2-8-6(3-5)7(15-17)4-9(16,18-8)10(12,13)14/h1-4,15-17H. The maximum atomic E-state index is 12.7. The van der Waals surface area contributed by atoms with E-state index in [0.717, 1.165) is 0 Å². The molecule has 0 radical (unpaired) electrons. The van der Waals surface area contributed by atoms with Crippen molar-refractivity contribution in [2.75, 3.05) is 0 Å². The summed E-state index contributed by atoms with van der Waals surface area (Å²) >= 11 is 5.68. The Morgan fingerprint density at radius 2 is 2.00 bits per heavy atom. The first kappa shape index (κ1) is 13.0. The average molecular weight is 282 g/mol. The van der Waals surface area contributed by atoms with Crippen molar-refractivity contribution in [1.29, 1.82) is 0 Å². The SMILES string of the molecule is ONC1=CC(O)(C(F)(F)F)Oc2ccc(Cl)cc21. The second kappa shape index (κ2) is 4.04. The van der Waals surface area contributed by atoms with Crippen LogP contribution in [-0.4, -0.2) is 22.3 Å². The van der Waals surface area contributed by atoms with Crippen LogP contribution in [0.25, 0.3) is 5.70 Å². The zero-order valence-electron chi connectivity index (χ0n) is 8.62. The van der Waals surface area contributed by atoms with Crippen molar-refractivity contribution < 1.29 is 28.2 Å². The molecule has 0 amide bonds. The highest BCUT2D eigenvalue weighted by atomic mass is 35.5. The lowest BCUT2D eigenvalue weighted by atomic mass is 10.0. The normalized spacial score (nSPS) is 22.9. The number of ether oxygens (including phenoxy) is 1. The number of halogens is 4. The molecule has 0 bridgehead atoms. The van der Waals surface area contributed by atoms with Crippen LogP contribution in [0.3, 0.4) is 0 Å². The van der Waals surface area contributed by atoms with Crippen molar-refractivity contribution in [3.63, 3.8) is 0 Å². The zero-order chi connectivity index (χ0) is 13.6. The number of aliphatic hydroxyl groups is 1. The third kappa shape index (κ3) is 2.00. The number of fused-ring (bicyclic) bond motifs is 1. The van der Waals surface area contributed by atoms with Gasteiger partial charge in [0.2, 0.25) is 0 Å². The maximum absolute atomic E-state index is 12.7. The molecule has 0 aliphatic carbocycles. The molecule has 8 heteroatoms. The minimum atomic E-state index is -5.05. The molecule has 0 spiro atoms. The van der Waals surface area contributed by atoms with Crippen molar-refractivity contribution in [3.8, 4) is 5.75 Å². The van der Waals surface area contributed by atoms with Gasteiger partial charge < -0.3 is 9.84 Å². The molecule has 0 fully saturated rings. The van der Waals surface area contributed by atoms with E-state index in [-0.39, 0.29) is 22.0 Å². The first-order chi connectivity index (χ1) is 8.27. The second-order valence-electron chi connectivity index (χ2n) is 3.61. The number of rotatable bonds is 1. The van der Waals surface area contributed by atoms with E-state index in [0.29, 0.717) is 6.08 Å². The number of benzene rings is 1. The summed E-state index contributed by atoms with van der Waals surface area (Å²) in [6.45, 7) is 0. The number of hydrogen-bond donors (Lipinski definition) is 3. The van der Waals surface area contributed by atoms with Gasteiger partial charge in [0.15, 0.2) is 0 Å². The third-order valence-electron chi connectivity index (χ3n) is 2.36. The predicted molar refractivity (Wildman–Crippen MR) is 56.0 cm³/mol. The predicted octanol–water partition coefficient (Wildman–Crippen LogP) is 2.30. The summed E-state index contributed by atoms with van der Waals surface area (Å²) in [7, 11) is 0. The largest absolute Gasteiger partial charge is 0.459 e. The Labute approximate surface area is 104 Å². The van der Waals surface area contributed by atoms with Crippen LogP contribution in [0.1, 0.15) is 5.56 Å². The van der Waals surface area contributed by atoms with Gasteiger partial charge in [-0.05, 0) is 18.2 Å². The molecule has 98 valence electrons. The average Bonchev–Trinajstić information content (AvgIpc) is 2.27. The van der Waals surface area contributed by atoms with Crippen LogP contribution in [0, 0.1) is 0 Å². The van der Waals surface area contributed by atoms with Crippen LogP contribution in [-0.2, 0) is 0 Å². The third-order valence-corrected chi connectivity index (χ3v) is 2.60. The van der Waals surface area contributed by atoms with Crippen LogP contribution >= 0.6 is 11.6 Å². The second-order valence-corrected chi connectivity index (χ2v) is 4.04. The summed E-state index contributed by atoms with van der Waals surface area (Å²) in [5.74, 6) is -3.75. The Morgan fingerprint density at radius 3 is 2.56 bits per heavy atom. The van der Waals surface area contributed by atoms with Crippen molar-refractivity contribution in [2.45, 2.75) is 12.0 Å². The first-order valence-corrected chi connectivity index (χ1v) is 5.05. The smallest absolute Gasteiger partial charge is 0.450 e. The highest BCUT2D eigenvalue weighted by Gasteiger charge is 2.57. The highest BCUT2D eigenvalue weighted by Crippen LogP contribution is 2.42. The van der Waals surface area contributed by atoms with Crippen molar-refractivity contribution in [2.24, 2.45) is 0 Å². The van der Waals surface area contributed by atoms with Crippen LogP contribution < -0.4 is 10.2 Å². The van der Waals surface area contributed by atoms with Crippen molar-refractivity contribution >= 4 is 17.3 Å². The zero-order valence-corrected chi connectivity index (χ0v) is 9.38. The molecule has 1 heterocycles. The molecule has 1 unspecified atom stereocenters. The fourth-order valence-corrected chi connectivity index (χ4v) is 1.68. The Kier molecular flexibility index (Phi) is 2.92. The van der Waals surface area contributed by atoms with E-state index < -0.39 is 12.0 Å². The van der Waals surface area contributed by atoms with Crippen LogP contribution in [0.5, 0.6) is 5.75 Å². The monoisotopic (exact) mass is 281 g/mol. The van der Waals surface area contributed by atoms with Crippen molar-refractivity contribution in [1.82, 2.24) is 5.48 Å². The first-order valence-electron chi connectivity index (χ1n) is 4.68.